The lowest BCUT2D eigenvalue weighted by molar-refractivity contribution is 0.266. The molecule has 16 heavy (non-hydrogen) atoms. The van der Waals surface area contributed by atoms with Gasteiger partial charge in [0.15, 0.2) is 0 Å². The van der Waals surface area contributed by atoms with Crippen molar-refractivity contribution in [3.05, 3.63) is 47.5 Å². The molecule has 0 radical (unpaired) electrons. The summed E-state index contributed by atoms with van der Waals surface area (Å²) in [6.07, 6.45) is 3.46. The van der Waals surface area contributed by atoms with Crippen molar-refractivity contribution in [1.82, 2.24) is 9.55 Å². The van der Waals surface area contributed by atoms with Crippen LogP contribution in [0.3, 0.4) is 0 Å². The number of halogens is 1. The maximum absolute atomic E-state index is 8.91. The second kappa shape index (κ2) is 4.65. The number of aliphatic hydroxyl groups is 1. The predicted molar refractivity (Wildman–Crippen MR) is 62.6 cm³/mol. The van der Waals surface area contributed by atoms with Gasteiger partial charge in [0, 0.05) is 16.9 Å². The Morgan fingerprint density at radius 2 is 2.06 bits per heavy atom. The molecule has 0 fully saturated rings. The molecule has 0 amide bonds. The summed E-state index contributed by atoms with van der Waals surface area (Å²) >= 11 is 5.80. The lowest BCUT2D eigenvalue weighted by Gasteiger charge is -2.03. The van der Waals surface area contributed by atoms with Crippen molar-refractivity contribution < 1.29 is 5.11 Å². The summed E-state index contributed by atoms with van der Waals surface area (Å²) in [6.45, 7) is -0.113. The zero-order valence-corrected chi connectivity index (χ0v) is 9.30. The van der Waals surface area contributed by atoms with E-state index in [1.807, 2.05) is 28.8 Å². The first-order valence-electron chi connectivity index (χ1n) is 4.87. The van der Waals surface area contributed by atoms with E-state index in [1.165, 1.54) is 0 Å². The first-order valence-corrected chi connectivity index (χ1v) is 5.25. The minimum Gasteiger partial charge on any atom is -0.394 e. The van der Waals surface area contributed by atoms with Crippen LogP contribution in [0.4, 0.5) is 0 Å². The average molecular weight is 238 g/mol. The van der Waals surface area contributed by atoms with Gasteiger partial charge in [0.05, 0.1) is 24.7 Å². The molecule has 0 bridgehead atoms. The topological polar surface area (TPSA) is 64.1 Å². The molecule has 84 valence electrons. The van der Waals surface area contributed by atoms with Gasteiger partial charge >= 0.3 is 0 Å². The maximum atomic E-state index is 8.91. The van der Waals surface area contributed by atoms with E-state index >= 15 is 0 Å². The molecule has 0 aliphatic rings. The summed E-state index contributed by atoms with van der Waals surface area (Å²) < 4.78 is 1.83. The van der Waals surface area contributed by atoms with E-state index < -0.39 is 6.04 Å². The van der Waals surface area contributed by atoms with Crippen molar-refractivity contribution in [2.24, 2.45) is 5.73 Å². The van der Waals surface area contributed by atoms with Crippen LogP contribution < -0.4 is 5.73 Å². The Kier molecular flexibility index (Phi) is 3.24. The molecule has 5 heteroatoms. The summed E-state index contributed by atoms with van der Waals surface area (Å²) in [6, 6.07) is 6.95. The largest absolute Gasteiger partial charge is 0.394 e. The second-order valence-corrected chi connectivity index (χ2v) is 3.91. The molecule has 1 unspecified atom stereocenters. The smallest absolute Gasteiger partial charge is 0.0995 e. The van der Waals surface area contributed by atoms with Gasteiger partial charge in [-0.05, 0) is 24.3 Å². The average Bonchev–Trinajstić information content (AvgIpc) is 2.78. The van der Waals surface area contributed by atoms with Crippen LogP contribution in [-0.2, 0) is 0 Å². The Morgan fingerprint density at radius 1 is 1.38 bits per heavy atom. The minimum absolute atomic E-state index is 0.113. The van der Waals surface area contributed by atoms with Crippen LogP contribution in [0.25, 0.3) is 5.69 Å². The van der Waals surface area contributed by atoms with Crippen molar-refractivity contribution in [3.8, 4) is 5.69 Å². The van der Waals surface area contributed by atoms with Gasteiger partial charge in [0.2, 0.25) is 0 Å². The Balaban J connectivity index is 2.28. The van der Waals surface area contributed by atoms with Crippen molar-refractivity contribution in [2.75, 3.05) is 6.61 Å². The number of imidazole rings is 1. The van der Waals surface area contributed by atoms with E-state index in [-0.39, 0.29) is 6.61 Å². The van der Waals surface area contributed by atoms with Crippen LogP contribution in [-0.4, -0.2) is 21.3 Å². The molecule has 0 saturated carbocycles. The van der Waals surface area contributed by atoms with Crippen LogP contribution in [0, 0.1) is 0 Å². The zero-order chi connectivity index (χ0) is 11.5. The lowest BCUT2D eigenvalue weighted by Crippen LogP contribution is -2.14. The highest BCUT2D eigenvalue weighted by molar-refractivity contribution is 6.30. The highest BCUT2D eigenvalue weighted by atomic mass is 35.5. The fraction of sp³-hybridized carbons (Fsp3) is 0.182. The number of benzene rings is 1. The van der Waals surface area contributed by atoms with E-state index in [9.17, 15) is 0 Å². The van der Waals surface area contributed by atoms with E-state index in [4.69, 9.17) is 22.4 Å². The minimum atomic E-state index is -0.437. The van der Waals surface area contributed by atoms with Gasteiger partial charge in [-0.2, -0.15) is 0 Å². The van der Waals surface area contributed by atoms with Crippen molar-refractivity contribution in [2.45, 2.75) is 6.04 Å². The number of nitrogens with two attached hydrogens (primary N) is 1. The third kappa shape index (κ3) is 2.24. The molecule has 1 heterocycles. The van der Waals surface area contributed by atoms with Crippen LogP contribution in [0.1, 0.15) is 11.7 Å². The molecular formula is C11H12ClN3O. The number of aromatic nitrogens is 2. The van der Waals surface area contributed by atoms with Crippen molar-refractivity contribution in [1.29, 1.82) is 0 Å². The molecule has 1 atom stereocenters. The fourth-order valence-electron chi connectivity index (χ4n) is 1.38. The molecular weight excluding hydrogens is 226 g/mol. The number of hydrogen-bond acceptors (Lipinski definition) is 3. The van der Waals surface area contributed by atoms with Crippen LogP contribution in [0.5, 0.6) is 0 Å². The molecule has 0 spiro atoms. The van der Waals surface area contributed by atoms with Gasteiger partial charge in [-0.3, -0.25) is 0 Å². The first-order chi connectivity index (χ1) is 7.70. The number of aliphatic hydroxyl groups excluding tert-OH is 1. The van der Waals surface area contributed by atoms with E-state index in [2.05, 4.69) is 4.98 Å². The summed E-state index contributed by atoms with van der Waals surface area (Å²) in [7, 11) is 0. The third-order valence-electron chi connectivity index (χ3n) is 2.30. The molecule has 1 aromatic carbocycles. The van der Waals surface area contributed by atoms with E-state index in [0.717, 1.165) is 5.69 Å². The number of hydrogen-bond donors (Lipinski definition) is 2. The molecule has 3 N–H and O–H groups in total. The Bertz CT molecular complexity index is 466. The second-order valence-electron chi connectivity index (χ2n) is 3.47. The Labute approximate surface area is 98.3 Å². The lowest BCUT2D eigenvalue weighted by atomic mass is 10.2. The molecule has 1 aromatic heterocycles. The van der Waals surface area contributed by atoms with Gasteiger partial charge in [-0.1, -0.05) is 11.6 Å². The van der Waals surface area contributed by atoms with Gasteiger partial charge in [-0.25, -0.2) is 4.98 Å². The SMILES string of the molecule is NC(CO)c1cn(-c2ccc(Cl)cc2)cn1. The molecule has 2 aromatic rings. The van der Waals surface area contributed by atoms with Crippen molar-refractivity contribution in [3.63, 3.8) is 0 Å². The first kappa shape index (κ1) is 11.1. The fourth-order valence-corrected chi connectivity index (χ4v) is 1.50. The van der Waals surface area contributed by atoms with Gasteiger partial charge in [0.25, 0.3) is 0 Å². The van der Waals surface area contributed by atoms with E-state index in [0.29, 0.717) is 10.7 Å². The Hall–Kier alpha value is -1.36. The van der Waals surface area contributed by atoms with Crippen LogP contribution >= 0.6 is 11.6 Å². The molecule has 0 aliphatic carbocycles. The van der Waals surface area contributed by atoms with Gasteiger partial charge in [0.1, 0.15) is 0 Å². The normalized spacial score (nSPS) is 12.7. The van der Waals surface area contributed by atoms with Gasteiger partial charge in [-0.15, -0.1) is 0 Å². The monoisotopic (exact) mass is 237 g/mol. The summed E-state index contributed by atoms with van der Waals surface area (Å²) in [5, 5.41) is 9.60. The summed E-state index contributed by atoms with van der Waals surface area (Å²) in [5.74, 6) is 0. The quantitative estimate of drug-likeness (QED) is 0.851. The summed E-state index contributed by atoms with van der Waals surface area (Å²) in [5.41, 5.74) is 7.28. The molecule has 2 rings (SSSR count). The summed E-state index contributed by atoms with van der Waals surface area (Å²) in [4.78, 5) is 4.13. The molecule has 0 saturated heterocycles. The highest BCUT2D eigenvalue weighted by Gasteiger charge is 2.08. The van der Waals surface area contributed by atoms with Gasteiger partial charge < -0.3 is 15.4 Å². The zero-order valence-electron chi connectivity index (χ0n) is 8.55. The Morgan fingerprint density at radius 3 is 2.69 bits per heavy atom. The number of nitrogens with zero attached hydrogens (tertiary/aromatic N) is 2. The van der Waals surface area contributed by atoms with Crippen LogP contribution in [0.15, 0.2) is 36.8 Å². The highest BCUT2D eigenvalue weighted by Crippen LogP contribution is 2.15. The predicted octanol–water partition coefficient (Wildman–Crippen LogP) is 1.52. The number of rotatable bonds is 3. The standard InChI is InChI=1S/C11H12ClN3O/c12-8-1-3-9(4-2-8)15-5-11(14-7-15)10(13)6-16/h1-5,7,10,16H,6,13H2. The third-order valence-corrected chi connectivity index (χ3v) is 2.56. The maximum Gasteiger partial charge on any atom is 0.0995 e. The van der Waals surface area contributed by atoms with Crippen LogP contribution in [0.2, 0.25) is 5.02 Å². The molecule has 0 aliphatic heterocycles. The molecule has 4 nitrogen and oxygen atoms in total. The van der Waals surface area contributed by atoms with E-state index in [1.54, 1.807) is 12.5 Å². The van der Waals surface area contributed by atoms with Crippen molar-refractivity contribution >= 4 is 11.6 Å².